The number of hydrogen-bond acceptors (Lipinski definition) is 4. The molecule has 0 unspecified atom stereocenters. The summed E-state index contributed by atoms with van der Waals surface area (Å²) in [6.07, 6.45) is 0. The molecule has 0 saturated carbocycles. The monoisotopic (exact) mass is 478 g/mol. The quantitative estimate of drug-likeness (QED) is 0.210. The molecule has 0 amide bonds. The number of rotatable bonds is 12. The highest BCUT2D eigenvalue weighted by molar-refractivity contribution is 14.0. The Balaban J connectivity index is 0.00000625. The molecule has 0 heterocycles. The van der Waals surface area contributed by atoms with E-state index in [2.05, 4.69) is 53.4 Å². The van der Waals surface area contributed by atoms with Gasteiger partial charge >= 0.3 is 0 Å². The molecule has 0 aliphatic heterocycles. The molecule has 0 atom stereocenters. The van der Waals surface area contributed by atoms with Crippen molar-refractivity contribution >= 4 is 29.9 Å². The number of hydrogen-bond donors (Lipinski definition) is 2. The van der Waals surface area contributed by atoms with Gasteiger partial charge in [0.15, 0.2) is 5.96 Å². The van der Waals surface area contributed by atoms with Crippen molar-refractivity contribution in [2.24, 2.45) is 4.99 Å². The largest absolute Gasteiger partial charge is 0.492 e. The summed E-state index contributed by atoms with van der Waals surface area (Å²) >= 11 is 0. The summed E-state index contributed by atoms with van der Waals surface area (Å²) < 4.78 is 10.9. The summed E-state index contributed by atoms with van der Waals surface area (Å²) in [7, 11) is 1.69. The molecule has 1 aromatic rings. The molecular formula is C19H35IN4O2. The summed E-state index contributed by atoms with van der Waals surface area (Å²) in [5.74, 6) is 1.71. The van der Waals surface area contributed by atoms with Crippen LogP contribution in [0.15, 0.2) is 29.3 Å². The van der Waals surface area contributed by atoms with Crippen LogP contribution in [0.5, 0.6) is 5.75 Å². The molecule has 0 aliphatic carbocycles. The number of ether oxygens (including phenoxy) is 2. The first-order chi connectivity index (χ1) is 12.2. The fraction of sp³-hybridized carbons (Fsp3) is 0.632. The van der Waals surface area contributed by atoms with E-state index in [1.54, 1.807) is 7.11 Å². The van der Waals surface area contributed by atoms with E-state index in [0.29, 0.717) is 19.8 Å². The van der Waals surface area contributed by atoms with Gasteiger partial charge in [-0.25, -0.2) is 4.99 Å². The van der Waals surface area contributed by atoms with Gasteiger partial charge in [0.25, 0.3) is 0 Å². The van der Waals surface area contributed by atoms with Crippen LogP contribution in [0.4, 0.5) is 0 Å². The van der Waals surface area contributed by atoms with Gasteiger partial charge in [-0.15, -0.1) is 24.0 Å². The summed E-state index contributed by atoms with van der Waals surface area (Å²) in [6, 6.07) is 8.15. The zero-order valence-corrected chi connectivity index (χ0v) is 18.9. The summed E-state index contributed by atoms with van der Waals surface area (Å²) in [6.45, 7) is 13.0. The van der Waals surface area contributed by atoms with Crippen molar-refractivity contribution in [2.75, 3.05) is 53.0 Å². The molecule has 0 saturated heterocycles. The number of halogens is 1. The van der Waals surface area contributed by atoms with E-state index in [4.69, 9.17) is 9.47 Å². The molecule has 6 nitrogen and oxygen atoms in total. The number of benzene rings is 1. The van der Waals surface area contributed by atoms with Gasteiger partial charge in [0.05, 0.1) is 13.2 Å². The van der Waals surface area contributed by atoms with E-state index in [9.17, 15) is 0 Å². The van der Waals surface area contributed by atoms with Gasteiger partial charge in [-0.05, 0) is 37.7 Å². The van der Waals surface area contributed by atoms with Crippen LogP contribution in [0.2, 0.25) is 0 Å². The lowest BCUT2D eigenvalue weighted by Gasteiger charge is -2.18. The van der Waals surface area contributed by atoms with Crippen molar-refractivity contribution in [1.82, 2.24) is 15.5 Å². The number of nitrogens with zero attached hydrogens (tertiary/aromatic N) is 2. The van der Waals surface area contributed by atoms with Crippen molar-refractivity contribution in [3.05, 3.63) is 29.8 Å². The summed E-state index contributed by atoms with van der Waals surface area (Å²) in [5, 5.41) is 6.46. The van der Waals surface area contributed by atoms with E-state index in [0.717, 1.165) is 50.0 Å². The van der Waals surface area contributed by atoms with E-state index in [1.807, 2.05) is 12.1 Å². The molecule has 26 heavy (non-hydrogen) atoms. The van der Waals surface area contributed by atoms with Crippen molar-refractivity contribution in [3.8, 4) is 5.75 Å². The van der Waals surface area contributed by atoms with Crippen LogP contribution in [0, 0.1) is 0 Å². The van der Waals surface area contributed by atoms with Gasteiger partial charge in [0.2, 0.25) is 0 Å². The molecule has 1 rings (SSSR count). The normalized spacial score (nSPS) is 11.2. The SMILES string of the molecule is CCNC(=NCc1ccc(OCCN(CC)CC)cc1)NCCOC.I. The van der Waals surface area contributed by atoms with Crippen LogP contribution < -0.4 is 15.4 Å². The fourth-order valence-electron chi connectivity index (χ4n) is 2.31. The second kappa shape index (κ2) is 16.1. The molecule has 1 aromatic carbocycles. The smallest absolute Gasteiger partial charge is 0.191 e. The molecular weight excluding hydrogens is 443 g/mol. The van der Waals surface area contributed by atoms with Crippen LogP contribution in [0.3, 0.4) is 0 Å². The Bertz CT molecular complexity index is 479. The van der Waals surface area contributed by atoms with E-state index in [1.165, 1.54) is 0 Å². The number of methoxy groups -OCH3 is 1. The lowest BCUT2D eigenvalue weighted by Crippen LogP contribution is -2.38. The second-order valence-electron chi connectivity index (χ2n) is 5.63. The Morgan fingerprint density at radius 1 is 1.04 bits per heavy atom. The highest BCUT2D eigenvalue weighted by Crippen LogP contribution is 2.12. The molecule has 7 heteroatoms. The number of guanidine groups is 1. The Morgan fingerprint density at radius 3 is 2.31 bits per heavy atom. The second-order valence-corrected chi connectivity index (χ2v) is 5.63. The Hall–Kier alpha value is -1.06. The van der Waals surface area contributed by atoms with Crippen molar-refractivity contribution in [2.45, 2.75) is 27.3 Å². The third kappa shape index (κ3) is 10.8. The molecule has 0 aromatic heterocycles. The predicted molar refractivity (Wildman–Crippen MR) is 120 cm³/mol. The fourth-order valence-corrected chi connectivity index (χ4v) is 2.31. The standard InChI is InChI=1S/C19H34N4O2.HI/c1-5-20-19(21-12-14-24-4)22-16-17-8-10-18(11-9-17)25-15-13-23(6-2)7-3;/h8-11H,5-7,12-16H2,1-4H3,(H2,20,21,22);1H. The topological polar surface area (TPSA) is 58.1 Å². The first kappa shape index (κ1) is 24.9. The summed E-state index contributed by atoms with van der Waals surface area (Å²) in [4.78, 5) is 6.93. The highest BCUT2D eigenvalue weighted by atomic mass is 127. The van der Waals surface area contributed by atoms with Crippen LogP contribution >= 0.6 is 24.0 Å². The van der Waals surface area contributed by atoms with E-state index >= 15 is 0 Å². The van der Waals surface area contributed by atoms with Crippen molar-refractivity contribution in [1.29, 1.82) is 0 Å². The maximum atomic E-state index is 5.81. The average molecular weight is 478 g/mol. The van der Waals surface area contributed by atoms with Crippen LogP contribution in [0.25, 0.3) is 0 Å². The molecule has 2 N–H and O–H groups in total. The molecule has 0 spiro atoms. The lowest BCUT2D eigenvalue weighted by molar-refractivity contribution is 0.203. The van der Waals surface area contributed by atoms with Crippen LogP contribution in [0.1, 0.15) is 26.3 Å². The molecule has 0 fully saturated rings. The van der Waals surface area contributed by atoms with Crippen LogP contribution in [-0.2, 0) is 11.3 Å². The first-order valence-electron chi connectivity index (χ1n) is 9.18. The van der Waals surface area contributed by atoms with Gasteiger partial charge in [-0.1, -0.05) is 26.0 Å². The lowest BCUT2D eigenvalue weighted by atomic mass is 10.2. The predicted octanol–water partition coefficient (Wildman–Crippen LogP) is 2.73. The molecule has 150 valence electrons. The Labute approximate surface area is 175 Å². The average Bonchev–Trinajstić information content (AvgIpc) is 2.64. The zero-order valence-electron chi connectivity index (χ0n) is 16.6. The summed E-state index contributed by atoms with van der Waals surface area (Å²) in [5.41, 5.74) is 1.15. The zero-order chi connectivity index (χ0) is 18.3. The molecule has 0 aliphatic rings. The van der Waals surface area contributed by atoms with E-state index < -0.39 is 0 Å². The Morgan fingerprint density at radius 2 is 1.73 bits per heavy atom. The number of likely N-dealkylation sites (N-methyl/N-ethyl adjacent to an activating group) is 1. The first-order valence-corrected chi connectivity index (χ1v) is 9.18. The maximum absolute atomic E-state index is 5.81. The minimum Gasteiger partial charge on any atom is -0.492 e. The van der Waals surface area contributed by atoms with E-state index in [-0.39, 0.29) is 24.0 Å². The van der Waals surface area contributed by atoms with Gasteiger partial charge in [0, 0.05) is 26.7 Å². The van der Waals surface area contributed by atoms with Crippen molar-refractivity contribution < 1.29 is 9.47 Å². The third-order valence-electron chi connectivity index (χ3n) is 3.86. The van der Waals surface area contributed by atoms with Crippen LogP contribution in [-0.4, -0.2) is 63.9 Å². The highest BCUT2D eigenvalue weighted by Gasteiger charge is 2.01. The van der Waals surface area contributed by atoms with Gasteiger partial charge < -0.3 is 25.0 Å². The number of nitrogens with one attached hydrogen (secondary N) is 2. The van der Waals surface area contributed by atoms with Crippen molar-refractivity contribution in [3.63, 3.8) is 0 Å². The molecule has 0 bridgehead atoms. The van der Waals surface area contributed by atoms with Gasteiger partial charge in [-0.3, -0.25) is 0 Å². The van der Waals surface area contributed by atoms with Gasteiger partial charge in [-0.2, -0.15) is 0 Å². The maximum Gasteiger partial charge on any atom is 0.191 e. The number of aliphatic imine (C=N–C) groups is 1. The minimum absolute atomic E-state index is 0. The minimum atomic E-state index is 0. The molecule has 0 radical (unpaired) electrons. The Kier molecular flexibility index (Phi) is 15.5. The third-order valence-corrected chi connectivity index (χ3v) is 3.86. The van der Waals surface area contributed by atoms with Gasteiger partial charge in [0.1, 0.15) is 12.4 Å².